The highest BCUT2D eigenvalue weighted by atomic mass is 35.5. The van der Waals surface area contributed by atoms with Crippen LogP contribution in [0.2, 0.25) is 5.02 Å². The summed E-state index contributed by atoms with van der Waals surface area (Å²) in [6.45, 7) is 2.43. The Kier molecular flexibility index (Phi) is 4.86. The number of anilines is 3. The fourth-order valence-corrected chi connectivity index (χ4v) is 2.35. The second-order valence-electron chi connectivity index (χ2n) is 5.23. The molecule has 2 aromatic carbocycles. The average molecular weight is 344 g/mol. The first kappa shape index (κ1) is 16.1. The Balaban J connectivity index is 1.68. The third kappa shape index (κ3) is 4.17. The normalized spacial score (nSPS) is 10.5. The highest BCUT2D eigenvalue weighted by Gasteiger charge is 2.04. The predicted molar refractivity (Wildman–Crippen MR) is 93.0 cm³/mol. The van der Waals surface area contributed by atoms with Gasteiger partial charge in [0.05, 0.1) is 6.20 Å². The first-order valence-electron chi connectivity index (χ1n) is 7.31. The van der Waals surface area contributed by atoms with E-state index in [1.165, 1.54) is 18.3 Å². The number of hydrogen-bond donors (Lipinski definition) is 2. The molecule has 1 aromatic heterocycles. The molecular formula is C17H15ClFN5. The lowest BCUT2D eigenvalue weighted by molar-refractivity contribution is 0.627. The van der Waals surface area contributed by atoms with E-state index < -0.39 is 0 Å². The first-order valence-corrected chi connectivity index (χ1v) is 7.69. The zero-order valence-electron chi connectivity index (χ0n) is 12.9. The third-order valence-corrected chi connectivity index (χ3v) is 3.61. The summed E-state index contributed by atoms with van der Waals surface area (Å²) in [5.74, 6) is 0.689. The van der Waals surface area contributed by atoms with Gasteiger partial charge in [-0.15, -0.1) is 5.10 Å². The fraction of sp³-hybridized carbons (Fsp3) is 0.118. The van der Waals surface area contributed by atoms with Crippen molar-refractivity contribution in [1.29, 1.82) is 0 Å². The van der Waals surface area contributed by atoms with Crippen LogP contribution in [0.5, 0.6) is 0 Å². The Labute approximate surface area is 143 Å². The van der Waals surface area contributed by atoms with E-state index in [9.17, 15) is 4.39 Å². The maximum absolute atomic E-state index is 12.9. The number of aryl methyl sites for hydroxylation is 1. The Bertz CT molecular complexity index is 839. The lowest BCUT2D eigenvalue weighted by Crippen LogP contribution is -2.06. The monoisotopic (exact) mass is 343 g/mol. The van der Waals surface area contributed by atoms with Crippen LogP contribution in [0, 0.1) is 12.7 Å². The minimum absolute atomic E-state index is 0.263. The Morgan fingerprint density at radius 3 is 2.67 bits per heavy atom. The highest BCUT2D eigenvalue weighted by Crippen LogP contribution is 2.22. The molecule has 122 valence electrons. The molecule has 0 saturated heterocycles. The van der Waals surface area contributed by atoms with Crippen LogP contribution in [0.25, 0.3) is 0 Å². The van der Waals surface area contributed by atoms with Crippen LogP contribution in [-0.2, 0) is 6.54 Å². The van der Waals surface area contributed by atoms with Crippen LogP contribution in [0.1, 0.15) is 11.1 Å². The van der Waals surface area contributed by atoms with Crippen molar-refractivity contribution in [3.63, 3.8) is 0 Å². The minimum atomic E-state index is -0.263. The van der Waals surface area contributed by atoms with E-state index in [1.807, 2.05) is 19.1 Å². The van der Waals surface area contributed by atoms with Gasteiger partial charge in [0.25, 0.3) is 0 Å². The molecule has 5 nitrogen and oxygen atoms in total. The lowest BCUT2D eigenvalue weighted by atomic mass is 10.2. The van der Waals surface area contributed by atoms with Gasteiger partial charge in [-0.25, -0.2) is 4.39 Å². The van der Waals surface area contributed by atoms with Crippen LogP contribution in [-0.4, -0.2) is 15.2 Å². The zero-order chi connectivity index (χ0) is 16.9. The maximum Gasteiger partial charge on any atom is 0.244 e. The number of rotatable bonds is 5. The summed E-state index contributed by atoms with van der Waals surface area (Å²) in [7, 11) is 0. The van der Waals surface area contributed by atoms with Crippen LogP contribution < -0.4 is 10.6 Å². The van der Waals surface area contributed by atoms with Crippen LogP contribution in [0.3, 0.4) is 0 Å². The number of halogens is 2. The summed E-state index contributed by atoms with van der Waals surface area (Å²) in [6, 6.07) is 11.8. The summed E-state index contributed by atoms with van der Waals surface area (Å²) in [5, 5.41) is 14.8. The summed E-state index contributed by atoms with van der Waals surface area (Å²) in [4.78, 5) is 4.36. The number of aromatic nitrogens is 3. The highest BCUT2D eigenvalue weighted by molar-refractivity contribution is 6.30. The molecule has 0 aliphatic heterocycles. The topological polar surface area (TPSA) is 62.7 Å². The summed E-state index contributed by atoms with van der Waals surface area (Å²) in [5.41, 5.74) is 2.82. The van der Waals surface area contributed by atoms with Gasteiger partial charge in [-0.1, -0.05) is 23.7 Å². The van der Waals surface area contributed by atoms with Crippen molar-refractivity contribution >= 4 is 29.1 Å². The molecule has 0 atom stereocenters. The van der Waals surface area contributed by atoms with Gasteiger partial charge in [-0.3, -0.25) is 0 Å². The van der Waals surface area contributed by atoms with Crippen molar-refractivity contribution in [2.75, 3.05) is 10.6 Å². The van der Waals surface area contributed by atoms with Crippen LogP contribution in [0.4, 0.5) is 21.8 Å². The SMILES string of the molecule is Cc1cc(Cl)ccc1Nc1cnnc(NCc2ccc(F)cc2)n1. The fourth-order valence-electron chi connectivity index (χ4n) is 2.13. The average Bonchev–Trinajstić information content (AvgIpc) is 2.57. The molecule has 24 heavy (non-hydrogen) atoms. The van der Waals surface area contributed by atoms with Crippen molar-refractivity contribution in [3.8, 4) is 0 Å². The molecule has 2 N–H and O–H groups in total. The minimum Gasteiger partial charge on any atom is -0.349 e. The summed E-state index contributed by atoms with van der Waals surface area (Å²) >= 11 is 5.96. The van der Waals surface area contributed by atoms with Gasteiger partial charge >= 0.3 is 0 Å². The number of nitrogens with one attached hydrogen (secondary N) is 2. The van der Waals surface area contributed by atoms with Crippen molar-refractivity contribution < 1.29 is 4.39 Å². The molecule has 0 amide bonds. The van der Waals surface area contributed by atoms with E-state index in [4.69, 9.17) is 11.6 Å². The number of hydrogen-bond acceptors (Lipinski definition) is 5. The van der Waals surface area contributed by atoms with E-state index >= 15 is 0 Å². The zero-order valence-corrected chi connectivity index (χ0v) is 13.7. The third-order valence-electron chi connectivity index (χ3n) is 3.37. The van der Waals surface area contributed by atoms with Gasteiger partial charge in [-0.2, -0.15) is 10.1 Å². The molecular weight excluding hydrogens is 329 g/mol. The molecule has 0 fully saturated rings. The van der Waals surface area contributed by atoms with Crippen molar-refractivity contribution in [1.82, 2.24) is 15.2 Å². The second-order valence-corrected chi connectivity index (χ2v) is 5.67. The molecule has 0 aliphatic carbocycles. The second kappa shape index (κ2) is 7.23. The molecule has 0 saturated carbocycles. The quantitative estimate of drug-likeness (QED) is 0.722. The molecule has 3 rings (SSSR count). The van der Waals surface area contributed by atoms with E-state index in [1.54, 1.807) is 18.2 Å². The maximum atomic E-state index is 12.9. The van der Waals surface area contributed by atoms with E-state index in [2.05, 4.69) is 25.8 Å². The summed E-state index contributed by atoms with van der Waals surface area (Å²) in [6.07, 6.45) is 1.54. The van der Waals surface area contributed by atoms with Crippen LogP contribution >= 0.6 is 11.6 Å². The van der Waals surface area contributed by atoms with Gasteiger partial charge < -0.3 is 10.6 Å². The van der Waals surface area contributed by atoms with E-state index in [-0.39, 0.29) is 5.82 Å². The van der Waals surface area contributed by atoms with Crippen LogP contribution in [0.15, 0.2) is 48.7 Å². The predicted octanol–water partition coefficient (Wildman–Crippen LogP) is 4.33. The lowest BCUT2D eigenvalue weighted by Gasteiger charge is -2.10. The van der Waals surface area contributed by atoms with Gasteiger partial charge in [0.1, 0.15) is 5.82 Å². The van der Waals surface area contributed by atoms with Gasteiger partial charge in [0.2, 0.25) is 5.95 Å². The summed E-state index contributed by atoms with van der Waals surface area (Å²) < 4.78 is 12.9. The Morgan fingerprint density at radius 1 is 1.12 bits per heavy atom. The molecule has 0 aliphatic rings. The Hall–Kier alpha value is -2.73. The standard InChI is InChI=1S/C17H15ClFN5/c1-11-8-13(18)4-7-15(11)22-16-10-21-24-17(23-16)20-9-12-2-5-14(19)6-3-12/h2-8,10H,9H2,1H3,(H2,20,22,23,24). The van der Waals surface area contributed by atoms with Crippen molar-refractivity contribution in [3.05, 3.63) is 70.6 Å². The molecule has 0 radical (unpaired) electrons. The number of nitrogens with zero attached hydrogens (tertiary/aromatic N) is 3. The molecule has 0 spiro atoms. The Morgan fingerprint density at radius 2 is 1.92 bits per heavy atom. The van der Waals surface area contributed by atoms with E-state index in [0.717, 1.165) is 16.8 Å². The molecule has 1 heterocycles. The van der Waals surface area contributed by atoms with E-state index in [0.29, 0.717) is 23.3 Å². The molecule has 0 unspecified atom stereocenters. The largest absolute Gasteiger partial charge is 0.349 e. The smallest absolute Gasteiger partial charge is 0.244 e. The first-order chi connectivity index (χ1) is 11.6. The molecule has 7 heteroatoms. The van der Waals surface area contributed by atoms with Crippen molar-refractivity contribution in [2.24, 2.45) is 0 Å². The molecule has 3 aromatic rings. The van der Waals surface area contributed by atoms with Gasteiger partial charge in [-0.05, 0) is 48.4 Å². The van der Waals surface area contributed by atoms with Gasteiger partial charge in [0, 0.05) is 17.3 Å². The van der Waals surface area contributed by atoms with Crippen molar-refractivity contribution in [2.45, 2.75) is 13.5 Å². The van der Waals surface area contributed by atoms with Gasteiger partial charge in [0.15, 0.2) is 5.82 Å². The number of benzene rings is 2. The molecule has 0 bridgehead atoms.